The number of esters is 1. The number of carbonyl (C=O) groups is 4. The Hall–Kier alpha value is -4.10. The first-order valence-electron chi connectivity index (χ1n) is 17.6. The van der Waals surface area contributed by atoms with Crippen molar-refractivity contribution in [3.8, 4) is 0 Å². The molecule has 2 fully saturated rings. The number of benzene rings is 3. The maximum Gasteiger partial charge on any atom is 0.305 e. The zero-order chi connectivity index (χ0) is 35.5. The number of ether oxygens (including phenoxy) is 2. The van der Waals surface area contributed by atoms with Gasteiger partial charge in [-0.25, -0.2) is 0 Å². The topological polar surface area (TPSA) is 137 Å². The first-order valence-corrected chi connectivity index (χ1v) is 20.6. The molecule has 3 aromatic rings. The van der Waals surface area contributed by atoms with Crippen LogP contribution in [0.2, 0.25) is 18.6 Å². The molecule has 5 atom stereocenters. The Morgan fingerprint density at radius 3 is 2.54 bits per heavy atom. The van der Waals surface area contributed by atoms with Gasteiger partial charge in [-0.15, -0.1) is 0 Å². The number of unbranched alkanes of at least 4 members (excludes halogenated alkanes) is 1. The van der Waals surface area contributed by atoms with Crippen molar-refractivity contribution in [3.05, 3.63) is 65.7 Å². The minimum atomic E-state index is -3.05. The quantitative estimate of drug-likeness (QED) is 0.172. The molecule has 3 amide bonds. The standard InChI is InChI=1S/C38H45N3O8Si/c1-23-35(50(3,4)47)31(21-32(43)39-19-9-12-26(39)22-42)49-38(23)28-20-25(16-17-29(28)40(37(38)46)18-6-5-15-33(44)48-2)41-30-14-8-11-24-10-7-13-27(34(24)30)36(41)45/h7-8,10-11,13-14,16-17,20,23,26,31,35,42,47H,5-6,9,12,15,18-19,21-22H2,1-4H3/t23-,26-,31+,35-,38+/m0/s1. The highest BCUT2D eigenvalue weighted by atomic mass is 28.4. The van der Waals surface area contributed by atoms with E-state index in [9.17, 15) is 29.1 Å². The second-order valence-electron chi connectivity index (χ2n) is 14.6. The van der Waals surface area contributed by atoms with E-state index in [4.69, 9.17) is 9.47 Å². The van der Waals surface area contributed by atoms with Crippen LogP contribution in [0.1, 0.15) is 61.4 Å². The Bertz CT molecular complexity index is 1870. The molecule has 0 unspecified atom stereocenters. The highest BCUT2D eigenvalue weighted by molar-refractivity contribution is 6.71. The summed E-state index contributed by atoms with van der Waals surface area (Å²) >= 11 is 0. The zero-order valence-corrected chi connectivity index (χ0v) is 30.1. The van der Waals surface area contributed by atoms with Gasteiger partial charge in [-0.1, -0.05) is 31.2 Å². The third-order valence-corrected chi connectivity index (χ3v) is 13.8. The van der Waals surface area contributed by atoms with Crippen LogP contribution >= 0.6 is 0 Å². The van der Waals surface area contributed by atoms with E-state index in [2.05, 4.69) is 0 Å². The number of hydrogen-bond acceptors (Lipinski definition) is 8. The molecule has 7 rings (SSSR count). The van der Waals surface area contributed by atoms with Crippen molar-refractivity contribution >= 4 is 59.8 Å². The van der Waals surface area contributed by atoms with Crippen LogP contribution in [0, 0.1) is 5.92 Å². The smallest absolute Gasteiger partial charge is 0.305 e. The average molecular weight is 700 g/mol. The second-order valence-corrected chi connectivity index (χ2v) is 18.6. The molecule has 4 aliphatic rings. The van der Waals surface area contributed by atoms with Gasteiger partial charge in [0.25, 0.3) is 11.8 Å². The van der Waals surface area contributed by atoms with Crippen LogP contribution < -0.4 is 9.80 Å². The molecule has 0 bridgehead atoms. The third kappa shape index (κ3) is 5.35. The molecule has 50 heavy (non-hydrogen) atoms. The van der Waals surface area contributed by atoms with Gasteiger partial charge >= 0.3 is 5.97 Å². The number of carbonyl (C=O) groups excluding carboxylic acids is 4. The van der Waals surface area contributed by atoms with Crippen molar-refractivity contribution in [2.24, 2.45) is 5.92 Å². The van der Waals surface area contributed by atoms with Crippen LogP contribution in [-0.4, -0.2) is 85.8 Å². The van der Waals surface area contributed by atoms with Gasteiger partial charge < -0.3 is 29.2 Å². The number of amides is 3. The number of anilines is 3. The number of fused-ring (bicyclic) bond motifs is 2. The molecule has 11 nitrogen and oxygen atoms in total. The van der Waals surface area contributed by atoms with Crippen LogP contribution in [0.3, 0.4) is 0 Å². The fourth-order valence-electron chi connectivity index (χ4n) is 9.08. The lowest BCUT2D eigenvalue weighted by Gasteiger charge is -2.33. The summed E-state index contributed by atoms with van der Waals surface area (Å²) < 4.78 is 11.8. The molecule has 3 aromatic carbocycles. The molecule has 2 saturated heterocycles. The molecule has 0 aliphatic carbocycles. The molecule has 0 radical (unpaired) electrons. The number of likely N-dealkylation sites (tertiary alicyclic amines) is 1. The fourth-order valence-corrected chi connectivity index (χ4v) is 11.6. The van der Waals surface area contributed by atoms with Gasteiger partial charge in [-0.3, -0.25) is 24.1 Å². The van der Waals surface area contributed by atoms with E-state index in [0.29, 0.717) is 48.4 Å². The highest BCUT2D eigenvalue weighted by Crippen LogP contribution is 2.60. The minimum absolute atomic E-state index is 0.0202. The Labute approximate surface area is 292 Å². The van der Waals surface area contributed by atoms with E-state index in [0.717, 1.165) is 29.3 Å². The van der Waals surface area contributed by atoms with Crippen molar-refractivity contribution in [3.63, 3.8) is 0 Å². The number of aliphatic hydroxyl groups is 1. The normalized spacial score (nSPS) is 25.8. The number of methoxy groups -OCH3 is 1. The molecular weight excluding hydrogens is 655 g/mol. The molecule has 2 N–H and O–H groups in total. The van der Waals surface area contributed by atoms with Crippen molar-refractivity contribution in [2.75, 3.05) is 36.6 Å². The Balaban J connectivity index is 1.30. The molecule has 4 heterocycles. The molecular formula is C38H45N3O8Si. The summed E-state index contributed by atoms with van der Waals surface area (Å²) in [6.45, 7) is 6.33. The minimum Gasteiger partial charge on any atom is -0.469 e. The van der Waals surface area contributed by atoms with Crippen LogP contribution in [0.15, 0.2) is 54.6 Å². The summed E-state index contributed by atoms with van der Waals surface area (Å²) in [4.78, 5) is 71.3. The first kappa shape index (κ1) is 34.4. The van der Waals surface area contributed by atoms with E-state index < -0.39 is 31.5 Å². The largest absolute Gasteiger partial charge is 0.469 e. The van der Waals surface area contributed by atoms with Crippen LogP contribution in [0.4, 0.5) is 17.1 Å². The van der Waals surface area contributed by atoms with Crippen molar-refractivity contribution in [1.29, 1.82) is 0 Å². The van der Waals surface area contributed by atoms with E-state index in [1.165, 1.54) is 7.11 Å². The molecule has 0 aromatic heterocycles. The lowest BCUT2D eigenvalue weighted by Crippen LogP contribution is -2.46. The average Bonchev–Trinajstić information content (AvgIpc) is 3.82. The maximum atomic E-state index is 14.9. The predicted octanol–water partition coefficient (Wildman–Crippen LogP) is 4.99. The van der Waals surface area contributed by atoms with E-state index in [1.807, 2.05) is 74.6 Å². The fraction of sp³-hybridized carbons (Fsp3) is 0.474. The second kappa shape index (κ2) is 12.9. The van der Waals surface area contributed by atoms with Gasteiger partial charge in [0.2, 0.25) is 5.91 Å². The lowest BCUT2D eigenvalue weighted by atomic mass is 9.82. The maximum absolute atomic E-state index is 14.9. The van der Waals surface area contributed by atoms with Gasteiger partial charge in [0, 0.05) is 47.6 Å². The number of hydrogen-bond donors (Lipinski definition) is 2. The number of aliphatic hydroxyl groups excluding tert-OH is 1. The van der Waals surface area contributed by atoms with Crippen LogP contribution in [0.25, 0.3) is 10.8 Å². The Morgan fingerprint density at radius 1 is 1.06 bits per heavy atom. The molecule has 12 heteroatoms. The summed E-state index contributed by atoms with van der Waals surface area (Å²) in [6, 6.07) is 16.8. The summed E-state index contributed by atoms with van der Waals surface area (Å²) in [5, 5.41) is 11.8. The Kier molecular flexibility index (Phi) is 8.86. The number of nitrogens with zero attached hydrogens (tertiary/aromatic N) is 3. The molecule has 1 spiro atoms. The summed E-state index contributed by atoms with van der Waals surface area (Å²) in [5.41, 5.74) is 1.23. The van der Waals surface area contributed by atoms with E-state index in [1.54, 1.807) is 14.7 Å². The van der Waals surface area contributed by atoms with Gasteiger partial charge in [0.1, 0.15) is 0 Å². The summed E-state index contributed by atoms with van der Waals surface area (Å²) in [6.07, 6.45) is 2.06. The Morgan fingerprint density at radius 2 is 1.82 bits per heavy atom. The third-order valence-electron chi connectivity index (χ3n) is 11.3. The van der Waals surface area contributed by atoms with Gasteiger partial charge in [0.05, 0.1) is 49.2 Å². The predicted molar refractivity (Wildman–Crippen MR) is 191 cm³/mol. The summed E-state index contributed by atoms with van der Waals surface area (Å²) in [5.74, 6) is -1.42. The van der Waals surface area contributed by atoms with E-state index >= 15 is 0 Å². The van der Waals surface area contributed by atoms with Crippen molar-refractivity contribution < 1.29 is 38.6 Å². The monoisotopic (exact) mass is 699 g/mol. The SMILES string of the molecule is COC(=O)CCCCN1C(=O)[C@]2(O[C@H](CC(=O)N3CCC[C@H]3CO)[C@@H]([Si](C)(C)O)[C@@H]2C)c2cc(N3C(=O)c4cccc5cccc3c45)ccc21. The molecule has 0 saturated carbocycles. The molecule has 4 aliphatic heterocycles. The summed E-state index contributed by atoms with van der Waals surface area (Å²) in [7, 11) is -1.70. The lowest BCUT2D eigenvalue weighted by molar-refractivity contribution is -0.150. The van der Waals surface area contributed by atoms with E-state index in [-0.39, 0.29) is 49.2 Å². The van der Waals surface area contributed by atoms with Crippen molar-refractivity contribution in [2.45, 2.75) is 81.8 Å². The van der Waals surface area contributed by atoms with Gasteiger partial charge in [-0.2, -0.15) is 0 Å². The zero-order valence-electron chi connectivity index (χ0n) is 29.1. The first-order chi connectivity index (χ1) is 23.9. The number of rotatable bonds is 10. The van der Waals surface area contributed by atoms with Crippen LogP contribution in [-0.2, 0) is 29.5 Å². The van der Waals surface area contributed by atoms with Gasteiger partial charge in [-0.05, 0) is 74.5 Å². The highest BCUT2D eigenvalue weighted by Gasteiger charge is 2.66. The molecule has 264 valence electrons. The van der Waals surface area contributed by atoms with Crippen LogP contribution in [0.5, 0.6) is 0 Å². The van der Waals surface area contributed by atoms with Crippen molar-refractivity contribution in [1.82, 2.24) is 4.90 Å². The van der Waals surface area contributed by atoms with Gasteiger partial charge in [0.15, 0.2) is 13.9 Å².